The van der Waals surface area contributed by atoms with E-state index in [4.69, 9.17) is 1.37 Å². The standard InChI is InChI=1S/C6H6S/c7-6-4-2-1-3-5-6/h1-5,7H/i2D. The Kier molecular flexibility index (Phi) is 1.03. The summed E-state index contributed by atoms with van der Waals surface area (Å²) >= 11 is 4.03. The van der Waals surface area contributed by atoms with E-state index < -0.39 is 0 Å². The Hall–Kier alpha value is -0.430. The van der Waals surface area contributed by atoms with Gasteiger partial charge in [0.2, 0.25) is 0 Å². The summed E-state index contributed by atoms with van der Waals surface area (Å²) < 4.78 is 7.09. The van der Waals surface area contributed by atoms with Crippen LogP contribution < -0.4 is 0 Å². The van der Waals surface area contributed by atoms with Crippen LogP contribution in [0.3, 0.4) is 0 Å². The van der Waals surface area contributed by atoms with Gasteiger partial charge in [0, 0.05) is 4.90 Å². The molecule has 1 rings (SSSR count). The van der Waals surface area contributed by atoms with Gasteiger partial charge in [-0.2, -0.15) is 0 Å². The third kappa shape index (κ3) is 1.24. The molecule has 0 aliphatic carbocycles. The summed E-state index contributed by atoms with van der Waals surface area (Å²) in [6.07, 6.45) is 0. The summed E-state index contributed by atoms with van der Waals surface area (Å²) in [6.45, 7) is 0. The van der Waals surface area contributed by atoms with Crippen molar-refractivity contribution in [1.29, 1.82) is 0 Å². The molecule has 0 bridgehead atoms. The molecule has 0 fully saturated rings. The van der Waals surface area contributed by atoms with Crippen molar-refractivity contribution in [2.45, 2.75) is 4.90 Å². The van der Waals surface area contributed by atoms with Crippen molar-refractivity contribution >= 4 is 12.6 Å². The van der Waals surface area contributed by atoms with Gasteiger partial charge in [-0.3, -0.25) is 0 Å². The molecule has 0 aromatic heterocycles. The van der Waals surface area contributed by atoms with Crippen molar-refractivity contribution in [2.24, 2.45) is 0 Å². The molecule has 0 spiro atoms. The van der Waals surface area contributed by atoms with Crippen LogP contribution in [-0.2, 0) is 0 Å². The van der Waals surface area contributed by atoms with Gasteiger partial charge in [0.25, 0.3) is 0 Å². The van der Waals surface area contributed by atoms with Crippen LogP contribution >= 0.6 is 12.6 Å². The first-order valence-electron chi connectivity index (χ1n) is 2.54. The Bertz CT molecular complexity index is 168. The van der Waals surface area contributed by atoms with E-state index in [-0.39, 0.29) is 0 Å². The molecule has 0 heterocycles. The van der Waals surface area contributed by atoms with Gasteiger partial charge in [-0.05, 0) is 12.1 Å². The topological polar surface area (TPSA) is 0 Å². The zero-order chi connectivity index (χ0) is 5.98. The van der Waals surface area contributed by atoms with Crippen molar-refractivity contribution in [1.82, 2.24) is 0 Å². The molecule has 1 aromatic rings. The Morgan fingerprint density at radius 3 is 2.71 bits per heavy atom. The summed E-state index contributed by atoms with van der Waals surface area (Å²) in [7, 11) is 0. The predicted molar refractivity (Wildman–Crippen MR) is 33.7 cm³/mol. The minimum absolute atomic E-state index is 0.512. The third-order valence-corrected chi connectivity index (χ3v) is 0.969. The lowest BCUT2D eigenvalue weighted by Gasteiger charge is -1.81. The predicted octanol–water partition coefficient (Wildman–Crippen LogP) is 1.98. The first-order chi connectivity index (χ1) is 3.79. The lowest BCUT2D eigenvalue weighted by molar-refractivity contribution is 1.48. The van der Waals surface area contributed by atoms with Gasteiger partial charge < -0.3 is 0 Å². The Labute approximate surface area is 50.0 Å². The second-order valence-corrected chi connectivity index (χ2v) is 1.78. The van der Waals surface area contributed by atoms with E-state index in [0.29, 0.717) is 6.04 Å². The molecule has 0 radical (unpaired) electrons. The first-order valence-corrected chi connectivity index (χ1v) is 2.49. The molecule has 0 amide bonds. The van der Waals surface area contributed by atoms with Gasteiger partial charge >= 0.3 is 0 Å². The summed E-state index contributed by atoms with van der Waals surface area (Å²) in [4.78, 5) is 0.845. The highest BCUT2D eigenvalue weighted by atomic mass is 32.1. The molecule has 0 aliphatic heterocycles. The van der Waals surface area contributed by atoms with Crippen LogP contribution in [0.1, 0.15) is 1.37 Å². The number of rotatable bonds is 0. The van der Waals surface area contributed by atoms with Crippen molar-refractivity contribution in [2.75, 3.05) is 0 Å². The largest absolute Gasteiger partial charge is 0.143 e. The third-order valence-electron chi connectivity index (χ3n) is 0.691. The minimum atomic E-state index is 0.512. The fraction of sp³-hybridized carbons (Fsp3) is 0. The number of thiol groups is 1. The summed E-state index contributed by atoms with van der Waals surface area (Å²) in [6, 6.07) is 7.59. The van der Waals surface area contributed by atoms with Gasteiger partial charge in [-0.1, -0.05) is 18.2 Å². The quantitative estimate of drug-likeness (QED) is 0.486. The SMILES string of the molecule is [2H]c1cccc(S)c1. The van der Waals surface area contributed by atoms with Crippen LogP contribution in [0, 0.1) is 0 Å². The summed E-state index contributed by atoms with van der Waals surface area (Å²) in [5, 5.41) is 0. The molecule has 7 heavy (non-hydrogen) atoms. The molecule has 0 saturated carbocycles. The molecule has 1 heteroatoms. The van der Waals surface area contributed by atoms with Gasteiger partial charge in [0.05, 0.1) is 1.37 Å². The molecule has 0 unspecified atom stereocenters. The van der Waals surface area contributed by atoms with Crippen LogP contribution in [0.4, 0.5) is 0 Å². The lowest BCUT2D eigenvalue weighted by atomic mass is 10.4. The van der Waals surface area contributed by atoms with Crippen LogP contribution in [-0.4, -0.2) is 0 Å². The van der Waals surface area contributed by atoms with Crippen molar-refractivity contribution < 1.29 is 1.37 Å². The van der Waals surface area contributed by atoms with E-state index >= 15 is 0 Å². The molecule has 0 saturated heterocycles. The van der Waals surface area contributed by atoms with Gasteiger partial charge in [-0.25, -0.2) is 0 Å². The Balaban J connectivity index is 3.08. The lowest BCUT2D eigenvalue weighted by Crippen LogP contribution is -1.56. The smallest absolute Gasteiger partial charge is 0.0623 e. The van der Waals surface area contributed by atoms with Crippen molar-refractivity contribution in [3.8, 4) is 0 Å². The zero-order valence-electron chi connectivity index (χ0n) is 4.76. The molecule has 0 aliphatic rings. The second kappa shape index (κ2) is 2.03. The van der Waals surface area contributed by atoms with Crippen molar-refractivity contribution in [3.63, 3.8) is 0 Å². The molecular weight excluding hydrogens is 104 g/mol. The number of hydrogen-bond donors (Lipinski definition) is 1. The maximum Gasteiger partial charge on any atom is 0.0623 e. The van der Waals surface area contributed by atoms with E-state index in [9.17, 15) is 0 Å². The monoisotopic (exact) mass is 111 g/mol. The molecule has 36 valence electrons. The molecule has 1 aromatic carbocycles. The molecule has 0 atom stereocenters. The van der Waals surface area contributed by atoms with Crippen LogP contribution in [0.15, 0.2) is 35.2 Å². The maximum atomic E-state index is 7.09. The number of hydrogen-bond acceptors (Lipinski definition) is 1. The van der Waals surface area contributed by atoms with Crippen LogP contribution in [0.5, 0.6) is 0 Å². The van der Waals surface area contributed by atoms with Gasteiger partial charge in [0.15, 0.2) is 0 Å². The van der Waals surface area contributed by atoms with Gasteiger partial charge in [0.1, 0.15) is 0 Å². The maximum absolute atomic E-state index is 7.09. The van der Waals surface area contributed by atoms with Crippen LogP contribution in [0.2, 0.25) is 0 Å². The Morgan fingerprint density at radius 1 is 1.43 bits per heavy atom. The Morgan fingerprint density at radius 2 is 2.29 bits per heavy atom. The van der Waals surface area contributed by atoms with Crippen LogP contribution in [0.25, 0.3) is 0 Å². The van der Waals surface area contributed by atoms with E-state index in [1.807, 2.05) is 12.1 Å². The average Bonchev–Trinajstić information content (AvgIpc) is 1.64. The second-order valence-electron chi connectivity index (χ2n) is 1.26. The molecule has 0 nitrogen and oxygen atoms in total. The van der Waals surface area contributed by atoms with E-state index in [2.05, 4.69) is 12.6 Å². The van der Waals surface area contributed by atoms with E-state index in [0.717, 1.165) is 4.90 Å². The molecule has 0 N–H and O–H groups in total. The van der Waals surface area contributed by atoms with E-state index in [1.165, 1.54) is 0 Å². The molecular formula is C6H6S. The zero-order valence-corrected chi connectivity index (χ0v) is 4.65. The normalized spacial score (nSPS) is 10.7. The fourth-order valence-corrected chi connectivity index (χ4v) is 0.544. The van der Waals surface area contributed by atoms with Gasteiger partial charge in [-0.15, -0.1) is 12.6 Å². The highest BCUT2D eigenvalue weighted by molar-refractivity contribution is 7.80. The fourth-order valence-electron chi connectivity index (χ4n) is 0.384. The summed E-state index contributed by atoms with van der Waals surface area (Å²) in [5.41, 5.74) is 0. The minimum Gasteiger partial charge on any atom is -0.143 e. The van der Waals surface area contributed by atoms with E-state index in [1.54, 1.807) is 12.1 Å². The summed E-state index contributed by atoms with van der Waals surface area (Å²) in [5.74, 6) is 0. The number of benzene rings is 1. The first kappa shape index (κ1) is 3.56. The highest BCUT2D eigenvalue weighted by Crippen LogP contribution is 2.00. The highest BCUT2D eigenvalue weighted by Gasteiger charge is 1.73. The average molecular weight is 111 g/mol. The van der Waals surface area contributed by atoms with Crippen molar-refractivity contribution in [3.05, 3.63) is 30.3 Å².